The van der Waals surface area contributed by atoms with E-state index in [1.54, 1.807) is 12.1 Å². The first-order valence-corrected chi connectivity index (χ1v) is 9.69. The smallest absolute Gasteiger partial charge is 0.258 e. The van der Waals surface area contributed by atoms with Crippen molar-refractivity contribution >= 4 is 17.6 Å². The van der Waals surface area contributed by atoms with Gasteiger partial charge < -0.3 is 15.4 Å². The fourth-order valence-electron chi connectivity index (χ4n) is 2.68. The van der Waals surface area contributed by atoms with Crippen molar-refractivity contribution in [2.24, 2.45) is 0 Å². The largest absolute Gasteiger partial charge is 0.483 e. The Morgan fingerprint density at radius 2 is 1.48 bits per heavy atom. The Morgan fingerprint density at radius 1 is 0.828 bits per heavy atom. The number of carbonyl (C=O) groups excluding carboxylic acids is 3. The van der Waals surface area contributed by atoms with Gasteiger partial charge in [-0.15, -0.1) is 0 Å². The molecule has 2 aromatic carbocycles. The van der Waals surface area contributed by atoms with E-state index in [1.165, 1.54) is 0 Å². The highest BCUT2D eigenvalue weighted by Crippen LogP contribution is 2.20. The third-order valence-electron chi connectivity index (χ3n) is 4.64. The van der Waals surface area contributed by atoms with E-state index in [0.29, 0.717) is 24.4 Å². The lowest BCUT2D eigenvalue weighted by Crippen LogP contribution is -2.36. The number of nitrogens with one attached hydrogen (secondary N) is 2. The van der Waals surface area contributed by atoms with Gasteiger partial charge >= 0.3 is 0 Å². The lowest BCUT2D eigenvalue weighted by Gasteiger charge is -2.11. The number of ketones is 1. The predicted octanol–water partition coefficient (Wildman–Crippen LogP) is 2.89. The Hall–Kier alpha value is -3.15. The second kappa shape index (κ2) is 11.0. The first-order chi connectivity index (χ1) is 13.9. The van der Waals surface area contributed by atoms with Gasteiger partial charge in [0.25, 0.3) is 5.91 Å². The number of benzene rings is 2. The molecule has 0 spiro atoms. The zero-order valence-corrected chi connectivity index (χ0v) is 17.2. The van der Waals surface area contributed by atoms with Crippen LogP contribution in [0.2, 0.25) is 0 Å². The fourth-order valence-corrected chi connectivity index (χ4v) is 2.68. The molecule has 29 heavy (non-hydrogen) atoms. The molecule has 0 heterocycles. The van der Waals surface area contributed by atoms with Crippen LogP contribution < -0.4 is 15.4 Å². The molecule has 0 unspecified atom stereocenters. The lowest BCUT2D eigenvalue weighted by molar-refractivity contribution is -0.124. The Bertz CT molecular complexity index is 860. The van der Waals surface area contributed by atoms with Gasteiger partial charge in [-0.25, -0.2) is 0 Å². The number of carbonyl (C=O) groups is 3. The molecule has 0 radical (unpaired) electrons. The molecule has 0 fully saturated rings. The highest BCUT2D eigenvalue weighted by Gasteiger charge is 2.09. The van der Waals surface area contributed by atoms with Crippen LogP contribution in [0.3, 0.4) is 0 Å². The zero-order valence-electron chi connectivity index (χ0n) is 17.2. The van der Waals surface area contributed by atoms with Crippen LogP contribution in [-0.2, 0) is 9.59 Å². The maximum atomic E-state index is 12.1. The number of hydrogen-bond acceptors (Lipinski definition) is 4. The zero-order chi connectivity index (χ0) is 21.2. The van der Waals surface area contributed by atoms with Crippen LogP contribution in [0.1, 0.15) is 39.9 Å². The van der Waals surface area contributed by atoms with Gasteiger partial charge in [-0.1, -0.05) is 42.0 Å². The van der Waals surface area contributed by atoms with Gasteiger partial charge in [0, 0.05) is 31.5 Å². The SMILES string of the molecule is Cc1ccc(C(=O)CCC(=O)NCCNC(=O)COc2cccc(C)c2C)cc1. The number of rotatable bonds is 10. The van der Waals surface area contributed by atoms with Crippen LogP contribution in [0.4, 0.5) is 0 Å². The molecule has 0 saturated heterocycles. The van der Waals surface area contributed by atoms with E-state index < -0.39 is 0 Å². The molecule has 0 aliphatic heterocycles. The molecule has 2 N–H and O–H groups in total. The van der Waals surface area contributed by atoms with E-state index in [2.05, 4.69) is 10.6 Å². The summed E-state index contributed by atoms with van der Waals surface area (Å²) in [5, 5.41) is 5.39. The molecule has 0 aliphatic rings. The molecule has 2 aromatic rings. The summed E-state index contributed by atoms with van der Waals surface area (Å²) in [6.07, 6.45) is 0.279. The normalized spacial score (nSPS) is 10.3. The highest BCUT2D eigenvalue weighted by molar-refractivity contribution is 5.97. The minimum Gasteiger partial charge on any atom is -0.483 e. The van der Waals surface area contributed by atoms with Gasteiger partial charge in [0.05, 0.1) is 0 Å². The van der Waals surface area contributed by atoms with Gasteiger partial charge in [-0.3, -0.25) is 14.4 Å². The number of hydrogen-bond donors (Lipinski definition) is 2. The van der Waals surface area contributed by atoms with Crippen molar-refractivity contribution in [2.75, 3.05) is 19.7 Å². The van der Waals surface area contributed by atoms with E-state index in [1.807, 2.05) is 51.1 Å². The van der Waals surface area contributed by atoms with Crippen molar-refractivity contribution in [3.05, 3.63) is 64.7 Å². The summed E-state index contributed by atoms with van der Waals surface area (Å²) < 4.78 is 5.53. The molecule has 154 valence electrons. The number of aryl methyl sites for hydroxylation is 2. The maximum Gasteiger partial charge on any atom is 0.258 e. The third-order valence-corrected chi connectivity index (χ3v) is 4.64. The van der Waals surface area contributed by atoms with E-state index in [0.717, 1.165) is 16.7 Å². The first-order valence-electron chi connectivity index (χ1n) is 9.69. The van der Waals surface area contributed by atoms with Crippen LogP contribution in [0.15, 0.2) is 42.5 Å². The standard InChI is InChI=1S/C23H28N2O4/c1-16-7-9-19(10-8-16)20(26)11-12-22(27)24-13-14-25-23(28)15-29-21-6-4-5-17(2)18(21)3/h4-10H,11-15H2,1-3H3,(H,24,27)(H,25,28). The molecule has 0 aromatic heterocycles. The summed E-state index contributed by atoms with van der Waals surface area (Å²) in [5.41, 5.74) is 3.81. The van der Waals surface area contributed by atoms with E-state index in [9.17, 15) is 14.4 Å². The monoisotopic (exact) mass is 396 g/mol. The van der Waals surface area contributed by atoms with Gasteiger partial charge in [0.15, 0.2) is 12.4 Å². The minimum atomic E-state index is -0.255. The summed E-state index contributed by atoms with van der Waals surface area (Å²) in [6, 6.07) is 13.0. The fraction of sp³-hybridized carbons (Fsp3) is 0.348. The average molecular weight is 396 g/mol. The predicted molar refractivity (Wildman–Crippen MR) is 112 cm³/mol. The topological polar surface area (TPSA) is 84.5 Å². The van der Waals surface area contributed by atoms with Crippen LogP contribution in [-0.4, -0.2) is 37.3 Å². The van der Waals surface area contributed by atoms with Gasteiger partial charge in [0.1, 0.15) is 5.75 Å². The van der Waals surface area contributed by atoms with Gasteiger partial charge in [0.2, 0.25) is 5.91 Å². The molecule has 0 atom stereocenters. The number of Topliss-reactive ketones (excluding diaryl/α,β-unsaturated/α-hetero) is 1. The highest BCUT2D eigenvalue weighted by atomic mass is 16.5. The van der Waals surface area contributed by atoms with Crippen LogP contribution in [0, 0.1) is 20.8 Å². The van der Waals surface area contributed by atoms with Crippen LogP contribution >= 0.6 is 0 Å². The average Bonchev–Trinajstić information content (AvgIpc) is 2.71. The molecular weight excluding hydrogens is 368 g/mol. The summed E-state index contributed by atoms with van der Waals surface area (Å²) >= 11 is 0. The molecule has 0 bridgehead atoms. The minimum absolute atomic E-state index is 0.0583. The van der Waals surface area contributed by atoms with Crippen molar-refractivity contribution in [3.8, 4) is 5.75 Å². The molecule has 0 aliphatic carbocycles. The number of ether oxygens (including phenoxy) is 1. The Labute approximate surface area is 171 Å². The second-order valence-corrected chi connectivity index (χ2v) is 6.98. The quantitative estimate of drug-likeness (QED) is 0.478. The summed E-state index contributed by atoms with van der Waals surface area (Å²) in [7, 11) is 0. The Balaban J connectivity index is 1.60. The van der Waals surface area contributed by atoms with Crippen molar-refractivity contribution < 1.29 is 19.1 Å². The summed E-state index contributed by atoms with van der Waals surface area (Å²) in [4.78, 5) is 35.8. The van der Waals surface area contributed by atoms with Crippen LogP contribution in [0.25, 0.3) is 0 Å². The molecule has 6 nitrogen and oxygen atoms in total. The summed E-state index contributed by atoms with van der Waals surface area (Å²) in [6.45, 7) is 6.40. The third kappa shape index (κ3) is 7.41. The van der Waals surface area contributed by atoms with E-state index in [-0.39, 0.29) is 37.0 Å². The molecule has 2 amide bonds. The van der Waals surface area contributed by atoms with Crippen molar-refractivity contribution in [2.45, 2.75) is 33.6 Å². The molecule has 6 heteroatoms. The van der Waals surface area contributed by atoms with Gasteiger partial charge in [-0.05, 0) is 38.0 Å². The molecule has 2 rings (SSSR count). The number of amides is 2. The Kier molecular flexibility index (Phi) is 8.40. The van der Waals surface area contributed by atoms with Crippen LogP contribution in [0.5, 0.6) is 5.75 Å². The maximum absolute atomic E-state index is 12.1. The van der Waals surface area contributed by atoms with Crippen molar-refractivity contribution in [1.29, 1.82) is 0 Å². The molecule has 0 saturated carbocycles. The second-order valence-electron chi connectivity index (χ2n) is 6.98. The van der Waals surface area contributed by atoms with Crippen molar-refractivity contribution in [1.82, 2.24) is 10.6 Å². The Morgan fingerprint density at radius 3 is 2.17 bits per heavy atom. The lowest BCUT2D eigenvalue weighted by atomic mass is 10.1. The van der Waals surface area contributed by atoms with E-state index in [4.69, 9.17) is 4.74 Å². The van der Waals surface area contributed by atoms with Gasteiger partial charge in [-0.2, -0.15) is 0 Å². The molecular formula is C23H28N2O4. The van der Waals surface area contributed by atoms with Crippen molar-refractivity contribution in [3.63, 3.8) is 0 Å². The first kappa shape index (κ1) is 22.1. The summed E-state index contributed by atoms with van der Waals surface area (Å²) in [5.74, 6) is 0.157. The van der Waals surface area contributed by atoms with E-state index >= 15 is 0 Å².